The minimum atomic E-state index is -0.160. The Morgan fingerprint density at radius 2 is 2.04 bits per heavy atom. The summed E-state index contributed by atoms with van der Waals surface area (Å²) in [6.07, 6.45) is 5.96. The van der Waals surface area contributed by atoms with Crippen molar-refractivity contribution in [3.63, 3.8) is 0 Å². The topological polar surface area (TPSA) is 51.4 Å². The standard InChI is InChI=1S/C20H24FN3O2/c21-18-6-2-1-4-16(18)12-15-7-9-24(10-8-15)13-19-22-23-20(26-19)17-5-3-11-25-14-17/h1-2,4,6,12,17H,3,5,7-11,13-14H2. The fraction of sp³-hybridized carbons (Fsp3) is 0.500. The number of piperidine rings is 1. The largest absolute Gasteiger partial charge is 0.423 e. The van der Waals surface area contributed by atoms with E-state index in [4.69, 9.17) is 9.15 Å². The zero-order chi connectivity index (χ0) is 17.8. The second-order valence-electron chi connectivity index (χ2n) is 7.05. The van der Waals surface area contributed by atoms with Crippen molar-refractivity contribution in [3.05, 3.63) is 53.0 Å². The van der Waals surface area contributed by atoms with Gasteiger partial charge in [0.1, 0.15) is 5.82 Å². The molecule has 5 nitrogen and oxygen atoms in total. The highest BCUT2D eigenvalue weighted by Gasteiger charge is 2.23. The third-order valence-corrected chi connectivity index (χ3v) is 5.11. The molecule has 0 saturated carbocycles. The summed E-state index contributed by atoms with van der Waals surface area (Å²) >= 11 is 0. The number of likely N-dealkylation sites (tertiary alicyclic amines) is 1. The lowest BCUT2D eigenvalue weighted by molar-refractivity contribution is 0.0717. The van der Waals surface area contributed by atoms with Crippen molar-refractivity contribution in [1.82, 2.24) is 15.1 Å². The molecule has 0 N–H and O–H groups in total. The van der Waals surface area contributed by atoms with Gasteiger partial charge in [-0.2, -0.15) is 0 Å². The Hall–Kier alpha value is -2.05. The molecule has 2 aliphatic heterocycles. The second kappa shape index (κ2) is 8.10. The summed E-state index contributed by atoms with van der Waals surface area (Å²) in [5.74, 6) is 1.46. The summed E-state index contributed by atoms with van der Waals surface area (Å²) in [5.41, 5.74) is 1.96. The first kappa shape index (κ1) is 17.4. The van der Waals surface area contributed by atoms with E-state index >= 15 is 0 Å². The summed E-state index contributed by atoms with van der Waals surface area (Å²) in [6.45, 7) is 4.02. The molecule has 2 saturated heterocycles. The van der Waals surface area contributed by atoms with E-state index < -0.39 is 0 Å². The van der Waals surface area contributed by atoms with E-state index in [1.807, 2.05) is 18.2 Å². The number of nitrogens with zero attached hydrogens (tertiary/aromatic N) is 3. The van der Waals surface area contributed by atoms with Crippen LogP contribution in [0.25, 0.3) is 6.08 Å². The molecule has 138 valence electrons. The zero-order valence-corrected chi connectivity index (χ0v) is 14.9. The molecule has 2 aliphatic rings. The van der Waals surface area contributed by atoms with Crippen molar-refractivity contribution in [3.8, 4) is 0 Å². The first-order chi connectivity index (χ1) is 12.8. The van der Waals surface area contributed by atoms with Gasteiger partial charge in [-0.15, -0.1) is 10.2 Å². The predicted octanol–water partition coefficient (Wildman–Crippen LogP) is 3.78. The first-order valence-electron chi connectivity index (χ1n) is 9.34. The molecule has 4 rings (SSSR count). The number of halogens is 1. The van der Waals surface area contributed by atoms with Crippen LogP contribution in [-0.4, -0.2) is 41.4 Å². The fourth-order valence-corrected chi connectivity index (χ4v) is 3.58. The molecular formula is C20H24FN3O2. The van der Waals surface area contributed by atoms with Gasteiger partial charge in [0.25, 0.3) is 0 Å². The van der Waals surface area contributed by atoms with Crippen LogP contribution in [0.5, 0.6) is 0 Å². The highest BCUT2D eigenvalue weighted by molar-refractivity contribution is 5.53. The van der Waals surface area contributed by atoms with Gasteiger partial charge in [0.05, 0.1) is 19.1 Å². The molecule has 1 atom stereocenters. The molecule has 0 spiro atoms. The van der Waals surface area contributed by atoms with Crippen LogP contribution in [0.3, 0.4) is 0 Å². The van der Waals surface area contributed by atoms with Crippen molar-refractivity contribution in [2.45, 2.75) is 38.1 Å². The second-order valence-corrected chi connectivity index (χ2v) is 7.05. The van der Waals surface area contributed by atoms with E-state index in [1.54, 1.807) is 6.07 Å². The third kappa shape index (κ3) is 4.19. The molecule has 0 bridgehead atoms. The molecule has 1 aromatic carbocycles. The lowest BCUT2D eigenvalue weighted by Crippen LogP contribution is -2.30. The average molecular weight is 357 g/mol. The molecule has 26 heavy (non-hydrogen) atoms. The van der Waals surface area contributed by atoms with E-state index in [0.717, 1.165) is 45.4 Å². The van der Waals surface area contributed by atoms with Crippen LogP contribution in [0.2, 0.25) is 0 Å². The molecular weight excluding hydrogens is 333 g/mol. The van der Waals surface area contributed by atoms with Crippen molar-refractivity contribution < 1.29 is 13.5 Å². The van der Waals surface area contributed by atoms with Crippen LogP contribution in [0.1, 0.15) is 48.9 Å². The van der Waals surface area contributed by atoms with Crippen molar-refractivity contribution >= 4 is 6.08 Å². The van der Waals surface area contributed by atoms with E-state index in [-0.39, 0.29) is 11.7 Å². The van der Waals surface area contributed by atoms with Crippen molar-refractivity contribution in [2.24, 2.45) is 0 Å². The van der Waals surface area contributed by atoms with Gasteiger partial charge in [-0.1, -0.05) is 29.8 Å². The van der Waals surface area contributed by atoms with E-state index in [2.05, 4.69) is 15.1 Å². The van der Waals surface area contributed by atoms with Crippen LogP contribution >= 0.6 is 0 Å². The lowest BCUT2D eigenvalue weighted by Gasteiger charge is -2.27. The molecule has 3 heterocycles. The average Bonchev–Trinajstić information content (AvgIpc) is 3.14. The first-order valence-corrected chi connectivity index (χ1v) is 9.34. The van der Waals surface area contributed by atoms with Gasteiger partial charge in [-0.05, 0) is 31.7 Å². The maximum atomic E-state index is 13.8. The molecule has 2 fully saturated rings. The SMILES string of the molecule is Fc1ccccc1C=C1CCN(Cc2nnc(C3CCCOC3)o2)CC1. The summed E-state index contributed by atoms with van der Waals surface area (Å²) in [7, 11) is 0. The van der Waals surface area contributed by atoms with Crippen LogP contribution in [0.4, 0.5) is 4.39 Å². The minimum absolute atomic E-state index is 0.160. The van der Waals surface area contributed by atoms with Gasteiger partial charge in [0.2, 0.25) is 11.8 Å². The zero-order valence-electron chi connectivity index (χ0n) is 14.9. The lowest BCUT2D eigenvalue weighted by atomic mass is 10.0. The summed E-state index contributed by atoms with van der Waals surface area (Å²) in [6, 6.07) is 6.92. The fourth-order valence-electron chi connectivity index (χ4n) is 3.58. The molecule has 0 radical (unpaired) electrons. The molecule has 1 unspecified atom stereocenters. The van der Waals surface area contributed by atoms with Crippen LogP contribution in [0, 0.1) is 5.82 Å². The maximum Gasteiger partial charge on any atom is 0.230 e. The molecule has 0 aliphatic carbocycles. The van der Waals surface area contributed by atoms with Gasteiger partial charge in [0, 0.05) is 25.3 Å². The van der Waals surface area contributed by atoms with Crippen molar-refractivity contribution in [1.29, 1.82) is 0 Å². The third-order valence-electron chi connectivity index (χ3n) is 5.11. The van der Waals surface area contributed by atoms with Gasteiger partial charge in [-0.25, -0.2) is 4.39 Å². The summed E-state index contributed by atoms with van der Waals surface area (Å²) in [5, 5.41) is 8.42. The maximum absolute atomic E-state index is 13.8. The van der Waals surface area contributed by atoms with Gasteiger partial charge in [0.15, 0.2) is 0 Å². The number of hydrogen-bond donors (Lipinski definition) is 0. The number of aromatic nitrogens is 2. The Morgan fingerprint density at radius 1 is 1.19 bits per heavy atom. The Kier molecular flexibility index (Phi) is 5.41. The summed E-state index contributed by atoms with van der Waals surface area (Å²) < 4.78 is 25.1. The minimum Gasteiger partial charge on any atom is -0.423 e. The normalized spacial score (nSPS) is 21.7. The monoisotopic (exact) mass is 357 g/mol. The van der Waals surface area contributed by atoms with E-state index in [9.17, 15) is 4.39 Å². The van der Waals surface area contributed by atoms with E-state index in [1.165, 1.54) is 11.6 Å². The number of ether oxygens (including phenoxy) is 1. The Bertz CT molecular complexity index is 758. The Balaban J connectivity index is 1.31. The molecule has 2 aromatic rings. The Morgan fingerprint density at radius 3 is 2.81 bits per heavy atom. The van der Waals surface area contributed by atoms with E-state index in [0.29, 0.717) is 30.5 Å². The van der Waals surface area contributed by atoms with Crippen LogP contribution < -0.4 is 0 Å². The number of hydrogen-bond acceptors (Lipinski definition) is 5. The Labute approximate surface area is 152 Å². The smallest absolute Gasteiger partial charge is 0.230 e. The summed E-state index contributed by atoms with van der Waals surface area (Å²) in [4.78, 5) is 2.31. The number of rotatable bonds is 4. The molecule has 1 aromatic heterocycles. The highest BCUT2D eigenvalue weighted by atomic mass is 19.1. The van der Waals surface area contributed by atoms with Crippen LogP contribution in [0.15, 0.2) is 34.3 Å². The van der Waals surface area contributed by atoms with Crippen LogP contribution in [-0.2, 0) is 11.3 Å². The quantitative estimate of drug-likeness (QED) is 0.833. The van der Waals surface area contributed by atoms with Gasteiger partial charge >= 0.3 is 0 Å². The van der Waals surface area contributed by atoms with Crippen molar-refractivity contribution in [2.75, 3.05) is 26.3 Å². The van der Waals surface area contributed by atoms with Gasteiger partial charge < -0.3 is 9.15 Å². The predicted molar refractivity (Wildman–Crippen MR) is 96.0 cm³/mol. The van der Waals surface area contributed by atoms with Gasteiger partial charge in [-0.3, -0.25) is 4.90 Å². The molecule has 6 heteroatoms. The number of benzene rings is 1. The molecule has 0 amide bonds. The highest BCUT2D eigenvalue weighted by Crippen LogP contribution is 2.25.